The molecular weight excluding hydrogens is 435 g/mol. The minimum Gasteiger partial charge on any atom is -0.358 e. The fourth-order valence-corrected chi connectivity index (χ4v) is 3.39. The number of benzene rings is 4. The predicted molar refractivity (Wildman–Crippen MR) is 136 cm³/mol. The van der Waals surface area contributed by atoms with Crippen molar-refractivity contribution in [1.82, 2.24) is 0 Å². The van der Waals surface area contributed by atoms with Crippen molar-refractivity contribution < 1.29 is 16.5 Å². The van der Waals surface area contributed by atoms with E-state index < -0.39 is 0 Å². The van der Waals surface area contributed by atoms with Gasteiger partial charge in [0.15, 0.2) is 0 Å². The molecule has 4 rings (SSSR count). The standard InChI is InChI=1S/C28H24N2.CH3.Ni/c1-21(29-27-19-11-9-17-25(27)23-13-5-3-6-14-23)22(2)30-28-20-12-10-18-26(28)24-15-7-4-8-16-24;;/h3-20H,1-2H3;1H3;/q;-1;. The molecule has 3 heteroatoms. The van der Waals surface area contributed by atoms with Crippen LogP contribution >= 0.6 is 0 Å². The molecule has 0 aromatic heterocycles. The molecule has 0 heterocycles. The van der Waals surface area contributed by atoms with Gasteiger partial charge in [-0.05, 0) is 37.1 Å². The van der Waals surface area contributed by atoms with Gasteiger partial charge >= 0.3 is 0 Å². The van der Waals surface area contributed by atoms with Crippen LogP contribution in [0.15, 0.2) is 119 Å². The molecule has 0 aliphatic rings. The Morgan fingerprint density at radius 3 is 1.16 bits per heavy atom. The average Bonchev–Trinajstić information content (AvgIpc) is 2.81. The van der Waals surface area contributed by atoms with E-state index in [1.807, 2.05) is 50.2 Å². The molecule has 32 heavy (non-hydrogen) atoms. The number of para-hydroxylation sites is 2. The zero-order valence-electron chi connectivity index (χ0n) is 18.6. The van der Waals surface area contributed by atoms with Gasteiger partial charge in [-0.1, -0.05) is 97.1 Å². The second-order valence-corrected chi connectivity index (χ2v) is 7.16. The Balaban J connectivity index is 0.00000181. The Hall–Kier alpha value is -3.29. The summed E-state index contributed by atoms with van der Waals surface area (Å²) in [6.45, 7) is 4.04. The molecule has 0 spiro atoms. The van der Waals surface area contributed by atoms with Crippen LogP contribution in [0.1, 0.15) is 13.8 Å². The number of hydrogen-bond acceptors (Lipinski definition) is 2. The molecule has 0 amide bonds. The second kappa shape index (κ2) is 11.9. The first-order valence-corrected chi connectivity index (χ1v) is 10.1. The SMILES string of the molecule is CC(=Nc1ccccc1-c1ccccc1)C(C)=Nc1ccccc1-c1ccccc1.[CH3-].[Ni]. The minimum absolute atomic E-state index is 0. The third kappa shape index (κ3) is 5.90. The summed E-state index contributed by atoms with van der Waals surface area (Å²) >= 11 is 0. The van der Waals surface area contributed by atoms with Crippen molar-refractivity contribution in [1.29, 1.82) is 0 Å². The summed E-state index contributed by atoms with van der Waals surface area (Å²) in [6, 6.07) is 37.2. The molecule has 0 bridgehead atoms. The molecule has 0 aliphatic heterocycles. The topological polar surface area (TPSA) is 24.7 Å². The smallest absolute Gasteiger partial charge is 0.0711 e. The second-order valence-electron chi connectivity index (χ2n) is 7.16. The number of nitrogens with zero attached hydrogens (tertiary/aromatic N) is 2. The van der Waals surface area contributed by atoms with E-state index in [9.17, 15) is 0 Å². The Morgan fingerprint density at radius 2 is 0.781 bits per heavy atom. The van der Waals surface area contributed by atoms with Crippen molar-refractivity contribution in [3.8, 4) is 22.3 Å². The molecule has 164 valence electrons. The van der Waals surface area contributed by atoms with E-state index in [0.717, 1.165) is 45.1 Å². The van der Waals surface area contributed by atoms with Crippen molar-refractivity contribution in [2.75, 3.05) is 0 Å². The van der Waals surface area contributed by atoms with Crippen molar-refractivity contribution in [3.63, 3.8) is 0 Å². The molecule has 0 aliphatic carbocycles. The largest absolute Gasteiger partial charge is 0.358 e. The Kier molecular flexibility index (Phi) is 9.31. The van der Waals surface area contributed by atoms with Crippen molar-refractivity contribution in [2.45, 2.75) is 13.8 Å². The summed E-state index contributed by atoms with van der Waals surface area (Å²) in [6.07, 6.45) is 0. The molecule has 0 radical (unpaired) electrons. The first kappa shape index (κ1) is 25.0. The van der Waals surface area contributed by atoms with Gasteiger partial charge in [-0.25, -0.2) is 0 Å². The monoisotopic (exact) mass is 461 g/mol. The summed E-state index contributed by atoms with van der Waals surface area (Å²) in [7, 11) is 0. The summed E-state index contributed by atoms with van der Waals surface area (Å²) in [5.74, 6) is 0. The molecule has 0 atom stereocenters. The Labute approximate surface area is 201 Å². The van der Waals surface area contributed by atoms with E-state index in [4.69, 9.17) is 9.98 Å². The average molecular weight is 462 g/mol. The maximum absolute atomic E-state index is 4.92. The zero-order valence-corrected chi connectivity index (χ0v) is 19.6. The Morgan fingerprint density at radius 1 is 0.469 bits per heavy atom. The summed E-state index contributed by atoms with van der Waals surface area (Å²) < 4.78 is 0. The van der Waals surface area contributed by atoms with Crippen LogP contribution in [0.3, 0.4) is 0 Å². The maximum atomic E-state index is 4.92. The molecule has 4 aromatic carbocycles. The molecule has 0 saturated carbocycles. The van der Waals surface area contributed by atoms with E-state index in [1.54, 1.807) is 0 Å². The Bertz CT molecular complexity index is 1100. The van der Waals surface area contributed by atoms with Crippen molar-refractivity contribution >= 4 is 22.8 Å². The molecule has 0 fully saturated rings. The van der Waals surface area contributed by atoms with Crippen LogP contribution in [0.25, 0.3) is 22.3 Å². The van der Waals surface area contributed by atoms with Crippen LogP contribution in [-0.2, 0) is 16.5 Å². The van der Waals surface area contributed by atoms with Crippen LogP contribution in [0, 0.1) is 7.43 Å². The van der Waals surface area contributed by atoms with Gasteiger partial charge in [0.1, 0.15) is 0 Å². The number of hydrogen-bond donors (Lipinski definition) is 0. The maximum Gasteiger partial charge on any atom is 0.0711 e. The van der Waals surface area contributed by atoms with Crippen LogP contribution in [0.5, 0.6) is 0 Å². The third-order valence-corrected chi connectivity index (χ3v) is 5.08. The first-order chi connectivity index (χ1) is 14.7. The van der Waals surface area contributed by atoms with E-state index >= 15 is 0 Å². The van der Waals surface area contributed by atoms with Crippen molar-refractivity contribution in [3.05, 3.63) is 117 Å². The van der Waals surface area contributed by atoms with Gasteiger partial charge in [-0.15, -0.1) is 0 Å². The van der Waals surface area contributed by atoms with E-state index in [2.05, 4.69) is 72.8 Å². The quantitative estimate of drug-likeness (QED) is 0.162. The third-order valence-electron chi connectivity index (χ3n) is 5.08. The van der Waals surface area contributed by atoms with Gasteiger partial charge in [-0.2, -0.15) is 0 Å². The van der Waals surface area contributed by atoms with Crippen LogP contribution in [0.4, 0.5) is 11.4 Å². The van der Waals surface area contributed by atoms with Gasteiger partial charge < -0.3 is 7.43 Å². The molecular formula is C29H27N2Ni-. The van der Waals surface area contributed by atoms with Gasteiger partial charge in [0, 0.05) is 27.6 Å². The van der Waals surface area contributed by atoms with Crippen LogP contribution in [-0.4, -0.2) is 11.4 Å². The van der Waals surface area contributed by atoms with Crippen molar-refractivity contribution in [2.24, 2.45) is 9.98 Å². The molecule has 2 nitrogen and oxygen atoms in total. The fourth-order valence-electron chi connectivity index (χ4n) is 3.39. The van der Waals surface area contributed by atoms with E-state index in [0.29, 0.717) is 0 Å². The predicted octanol–water partition coefficient (Wildman–Crippen LogP) is 8.35. The normalized spacial score (nSPS) is 11.3. The summed E-state index contributed by atoms with van der Waals surface area (Å²) in [4.78, 5) is 9.84. The van der Waals surface area contributed by atoms with E-state index in [-0.39, 0.29) is 23.9 Å². The number of rotatable bonds is 5. The van der Waals surface area contributed by atoms with Gasteiger partial charge in [-0.3, -0.25) is 9.98 Å². The van der Waals surface area contributed by atoms with Gasteiger partial charge in [0.2, 0.25) is 0 Å². The molecule has 0 unspecified atom stereocenters. The summed E-state index contributed by atoms with van der Waals surface area (Å²) in [5.41, 5.74) is 8.27. The fraction of sp³-hybridized carbons (Fsp3) is 0.0690. The molecule has 0 N–H and O–H groups in total. The van der Waals surface area contributed by atoms with Crippen LogP contribution < -0.4 is 0 Å². The summed E-state index contributed by atoms with van der Waals surface area (Å²) in [5, 5.41) is 0. The van der Waals surface area contributed by atoms with E-state index in [1.165, 1.54) is 0 Å². The molecule has 4 aromatic rings. The zero-order chi connectivity index (χ0) is 20.8. The van der Waals surface area contributed by atoms with Gasteiger partial charge in [0.25, 0.3) is 0 Å². The number of aliphatic imine (C=N–C) groups is 2. The van der Waals surface area contributed by atoms with Crippen LogP contribution in [0.2, 0.25) is 0 Å². The molecule has 0 saturated heterocycles. The van der Waals surface area contributed by atoms with Gasteiger partial charge in [0.05, 0.1) is 22.8 Å². The minimum atomic E-state index is 0. The first-order valence-electron chi connectivity index (χ1n) is 10.1.